The van der Waals surface area contributed by atoms with Crippen molar-refractivity contribution in [3.8, 4) is 0 Å². The van der Waals surface area contributed by atoms with Gasteiger partial charge in [-0.05, 0) is 17.7 Å². The minimum absolute atomic E-state index is 0.175. The molecule has 104 valence electrons. The summed E-state index contributed by atoms with van der Waals surface area (Å²) in [6.07, 6.45) is -4.62. The Morgan fingerprint density at radius 1 is 0.900 bits per heavy atom. The summed E-state index contributed by atoms with van der Waals surface area (Å²) in [5, 5.41) is 0. The number of rotatable bonds is 3. The van der Waals surface area contributed by atoms with Gasteiger partial charge >= 0.3 is 6.18 Å². The van der Waals surface area contributed by atoms with Gasteiger partial charge in [-0.3, -0.25) is 0 Å². The van der Waals surface area contributed by atoms with E-state index in [1.165, 1.54) is 12.1 Å². The molecule has 0 radical (unpaired) electrons. The fourth-order valence-electron chi connectivity index (χ4n) is 1.52. The van der Waals surface area contributed by atoms with Gasteiger partial charge in [0.05, 0.1) is 5.69 Å². The van der Waals surface area contributed by atoms with Crippen LogP contribution in [-0.2, 0) is 11.3 Å². The van der Waals surface area contributed by atoms with E-state index in [9.17, 15) is 13.2 Å². The molecule has 0 saturated heterocycles. The van der Waals surface area contributed by atoms with E-state index in [0.29, 0.717) is 5.56 Å². The predicted octanol–water partition coefficient (Wildman–Crippen LogP) is 4.50. The molecule has 2 nitrogen and oxygen atoms in total. The molecule has 0 heterocycles. The molecule has 0 aliphatic carbocycles. The molecule has 2 rings (SSSR count). The van der Waals surface area contributed by atoms with Crippen LogP contribution in [0, 0.1) is 0 Å². The van der Waals surface area contributed by atoms with Gasteiger partial charge in [0.2, 0.25) is 0 Å². The second-order valence-electron chi connectivity index (χ2n) is 4.02. The van der Waals surface area contributed by atoms with Crippen molar-refractivity contribution < 1.29 is 17.9 Å². The highest BCUT2D eigenvalue weighted by atomic mass is 19.4. The van der Waals surface area contributed by atoms with Gasteiger partial charge in [0.25, 0.3) is 5.90 Å². The molecule has 0 saturated carbocycles. The van der Waals surface area contributed by atoms with Crippen molar-refractivity contribution >= 4 is 11.6 Å². The Kier molecular flexibility index (Phi) is 4.40. The summed E-state index contributed by atoms with van der Waals surface area (Å²) < 4.78 is 43.4. The number of ether oxygens (including phenoxy) is 1. The van der Waals surface area contributed by atoms with Gasteiger partial charge in [0.15, 0.2) is 0 Å². The quantitative estimate of drug-likeness (QED) is 0.599. The average molecular weight is 279 g/mol. The first kappa shape index (κ1) is 14.1. The lowest BCUT2D eigenvalue weighted by atomic mass is 10.2. The minimum atomic E-state index is -4.62. The topological polar surface area (TPSA) is 21.6 Å². The van der Waals surface area contributed by atoms with E-state index >= 15 is 0 Å². The minimum Gasteiger partial charge on any atom is -0.469 e. The van der Waals surface area contributed by atoms with Crippen LogP contribution in [0.25, 0.3) is 0 Å². The van der Waals surface area contributed by atoms with E-state index in [1.807, 2.05) is 0 Å². The predicted molar refractivity (Wildman–Crippen MR) is 70.8 cm³/mol. The van der Waals surface area contributed by atoms with Crippen molar-refractivity contribution in [1.29, 1.82) is 0 Å². The number of benzene rings is 2. The van der Waals surface area contributed by atoms with Crippen LogP contribution in [-0.4, -0.2) is 12.1 Å². The van der Waals surface area contributed by atoms with Crippen molar-refractivity contribution in [1.82, 2.24) is 0 Å². The van der Waals surface area contributed by atoms with E-state index in [0.717, 1.165) is 0 Å². The van der Waals surface area contributed by atoms with E-state index < -0.39 is 12.1 Å². The molecule has 20 heavy (non-hydrogen) atoms. The van der Waals surface area contributed by atoms with Crippen molar-refractivity contribution in [2.24, 2.45) is 4.99 Å². The molecule has 0 aliphatic heterocycles. The molecule has 0 bridgehead atoms. The highest BCUT2D eigenvalue weighted by Gasteiger charge is 2.38. The van der Waals surface area contributed by atoms with E-state index in [-0.39, 0.29) is 12.3 Å². The lowest BCUT2D eigenvalue weighted by Gasteiger charge is -2.12. The number of hydrogen-bond donors (Lipinski definition) is 0. The Bertz CT molecular complexity index is 565. The third-order valence-electron chi connectivity index (χ3n) is 2.45. The molecule has 0 fully saturated rings. The normalized spacial score (nSPS) is 12.2. The zero-order chi connectivity index (χ0) is 14.4. The third-order valence-corrected chi connectivity index (χ3v) is 2.45. The number of alkyl halides is 3. The molecule has 5 heteroatoms. The van der Waals surface area contributed by atoms with Crippen molar-refractivity contribution in [3.63, 3.8) is 0 Å². The zero-order valence-corrected chi connectivity index (χ0v) is 10.5. The van der Waals surface area contributed by atoms with Crippen LogP contribution in [0.5, 0.6) is 0 Å². The van der Waals surface area contributed by atoms with E-state index in [1.54, 1.807) is 48.5 Å². The van der Waals surface area contributed by atoms with E-state index in [4.69, 9.17) is 4.74 Å². The Balaban J connectivity index is 2.15. The summed E-state index contributed by atoms with van der Waals surface area (Å²) in [5.74, 6) is -1.24. The summed E-state index contributed by atoms with van der Waals surface area (Å²) in [4.78, 5) is 3.51. The summed E-state index contributed by atoms with van der Waals surface area (Å²) in [7, 11) is 0. The number of halogens is 3. The van der Waals surface area contributed by atoms with Gasteiger partial charge in [-0.1, -0.05) is 48.5 Å². The molecular formula is C15H12F3NO. The summed E-state index contributed by atoms with van der Waals surface area (Å²) in [6, 6.07) is 16.5. The molecule has 2 aromatic carbocycles. The largest absolute Gasteiger partial charge is 0.469 e. The second kappa shape index (κ2) is 6.23. The van der Waals surface area contributed by atoms with Gasteiger partial charge in [-0.15, -0.1) is 0 Å². The highest BCUT2D eigenvalue weighted by Crippen LogP contribution is 2.23. The smallest absolute Gasteiger partial charge is 0.468 e. The third kappa shape index (κ3) is 4.12. The number of nitrogens with zero attached hydrogens (tertiary/aromatic N) is 1. The van der Waals surface area contributed by atoms with Crippen LogP contribution in [0.2, 0.25) is 0 Å². The van der Waals surface area contributed by atoms with E-state index in [2.05, 4.69) is 4.99 Å². The zero-order valence-electron chi connectivity index (χ0n) is 10.5. The molecule has 0 aromatic heterocycles. The van der Waals surface area contributed by atoms with Crippen LogP contribution in [0.15, 0.2) is 65.7 Å². The SMILES string of the molecule is FC(F)(F)C(=Nc1ccccc1)OCc1ccccc1. The van der Waals surface area contributed by atoms with Crippen LogP contribution in [0.1, 0.15) is 5.56 Å². The van der Waals surface area contributed by atoms with Crippen molar-refractivity contribution in [2.45, 2.75) is 12.8 Å². The monoisotopic (exact) mass is 279 g/mol. The Morgan fingerprint density at radius 3 is 2.00 bits per heavy atom. The van der Waals surface area contributed by atoms with Gasteiger partial charge < -0.3 is 4.74 Å². The lowest BCUT2D eigenvalue weighted by Crippen LogP contribution is -2.25. The Hall–Kier alpha value is -2.30. The maximum atomic E-state index is 12.9. The maximum Gasteiger partial charge on any atom is 0.468 e. The molecule has 0 amide bonds. The molecule has 0 N–H and O–H groups in total. The average Bonchev–Trinajstić information content (AvgIpc) is 2.44. The van der Waals surface area contributed by atoms with Gasteiger partial charge in [-0.2, -0.15) is 13.2 Å². The molecule has 0 spiro atoms. The molecule has 0 aliphatic rings. The van der Waals surface area contributed by atoms with Crippen molar-refractivity contribution in [3.05, 3.63) is 66.2 Å². The Labute approximate surface area is 114 Å². The number of para-hydroxylation sites is 1. The summed E-state index contributed by atoms with van der Waals surface area (Å²) in [6.45, 7) is -0.175. The standard InChI is InChI=1S/C15H12F3NO/c16-15(17,18)14(19-13-9-5-2-6-10-13)20-11-12-7-3-1-4-8-12/h1-10H,11H2. The Morgan fingerprint density at radius 2 is 1.45 bits per heavy atom. The van der Waals surface area contributed by atoms with Crippen LogP contribution >= 0.6 is 0 Å². The fraction of sp³-hybridized carbons (Fsp3) is 0.133. The molecule has 0 atom stereocenters. The summed E-state index contributed by atoms with van der Waals surface area (Å²) >= 11 is 0. The molecule has 0 unspecified atom stereocenters. The first-order chi connectivity index (χ1) is 9.55. The maximum absolute atomic E-state index is 12.9. The van der Waals surface area contributed by atoms with Crippen LogP contribution in [0.3, 0.4) is 0 Å². The second-order valence-corrected chi connectivity index (χ2v) is 4.02. The van der Waals surface area contributed by atoms with Gasteiger partial charge in [0.1, 0.15) is 6.61 Å². The first-order valence-electron chi connectivity index (χ1n) is 5.93. The fourth-order valence-corrected chi connectivity index (χ4v) is 1.52. The first-order valence-corrected chi connectivity index (χ1v) is 5.93. The van der Waals surface area contributed by atoms with Crippen LogP contribution < -0.4 is 0 Å². The molecule has 2 aromatic rings. The van der Waals surface area contributed by atoms with Gasteiger partial charge in [0, 0.05) is 0 Å². The lowest BCUT2D eigenvalue weighted by molar-refractivity contribution is -0.0791. The van der Waals surface area contributed by atoms with Crippen molar-refractivity contribution in [2.75, 3.05) is 0 Å². The van der Waals surface area contributed by atoms with Crippen LogP contribution in [0.4, 0.5) is 18.9 Å². The highest BCUT2D eigenvalue weighted by molar-refractivity contribution is 5.84. The molecular weight excluding hydrogens is 267 g/mol. The number of aliphatic imine (C=N–C) groups is 1. The summed E-state index contributed by atoms with van der Waals surface area (Å²) in [5.41, 5.74) is 0.852. The van der Waals surface area contributed by atoms with Gasteiger partial charge in [-0.25, -0.2) is 4.99 Å². The number of hydrogen-bond acceptors (Lipinski definition) is 2.